The second kappa shape index (κ2) is 6.42. The molecule has 0 aliphatic carbocycles. The van der Waals surface area contributed by atoms with Gasteiger partial charge in [-0.3, -0.25) is 4.98 Å². The lowest BCUT2D eigenvalue weighted by Gasteiger charge is -2.35. The van der Waals surface area contributed by atoms with E-state index in [4.69, 9.17) is 0 Å². The van der Waals surface area contributed by atoms with Gasteiger partial charge in [-0.25, -0.2) is 4.79 Å². The van der Waals surface area contributed by atoms with Gasteiger partial charge in [-0.1, -0.05) is 19.1 Å². The minimum Gasteiger partial charge on any atom is -0.465 e. The van der Waals surface area contributed by atoms with E-state index in [1.54, 1.807) is 18.2 Å². The van der Waals surface area contributed by atoms with E-state index in [1.807, 2.05) is 6.92 Å². The number of hydrogen-bond donors (Lipinski definition) is 1. The minimum atomic E-state index is -4.80. The average Bonchev–Trinajstić information content (AvgIpc) is 2.53. The van der Waals surface area contributed by atoms with Crippen LogP contribution in [-0.2, 0) is 0 Å². The largest absolute Gasteiger partial charge is 0.573 e. The van der Waals surface area contributed by atoms with Crippen molar-refractivity contribution in [3.05, 3.63) is 36.0 Å². The van der Waals surface area contributed by atoms with Gasteiger partial charge < -0.3 is 14.7 Å². The van der Waals surface area contributed by atoms with Gasteiger partial charge in [0, 0.05) is 30.6 Å². The van der Waals surface area contributed by atoms with E-state index < -0.39 is 12.5 Å². The highest BCUT2D eigenvalue weighted by Crippen LogP contribution is 2.38. The molecule has 1 amide bonds. The van der Waals surface area contributed by atoms with Crippen molar-refractivity contribution in [3.63, 3.8) is 0 Å². The maximum Gasteiger partial charge on any atom is 0.573 e. The number of carboxylic acid groups (broad SMARTS) is 1. The Labute approximate surface area is 142 Å². The summed E-state index contributed by atoms with van der Waals surface area (Å²) in [4.78, 5) is 16.7. The molecule has 8 heteroatoms. The third-order valence-corrected chi connectivity index (χ3v) is 4.36. The second-order valence-corrected chi connectivity index (χ2v) is 6.33. The molecule has 0 saturated carbocycles. The Morgan fingerprint density at radius 2 is 2.08 bits per heavy atom. The summed E-state index contributed by atoms with van der Waals surface area (Å²) in [5, 5.41) is 9.82. The first-order valence-corrected chi connectivity index (χ1v) is 7.86. The number of piperidine rings is 1. The van der Waals surface area contributed by atoms with Crippen LogP contribution >= 0.6 is 0 Å². The van der Waals surface area contributed by atoms with Crippen molar-refractivity contribution in [1.82, 2.24) is 9.88 Å². The van der Waals surface area contributed by atoms with Crippen LogP contribution in [0.2, 0.25) is 0 Å². The van der Waals surface area contributed by atoms with Crippen LogP contribution in [0.1, 0.15) is 24.8 Å². The highest BCUT2D eigenvalue weighted by Gasteiger charge is 2.33. The van der Waals surface area contributed by atoms with Gasteiger partial charge in [0.05, 0.1) is 0 Å². The molecule has 1 fully saturated rings. The number of likely N-dealkylation sites (tertiary alicyclic amines) is 1. The Hall–Kier alpha value is -2.51. The summed E-state index contributed by atoms with van der Waals surface area (Å²) < 4.78 is 41.9. The standard InChI is InChI=1S/C17H17F3N2O3/c1-10-7-11(9-22(8-10)16(23)24)12-4-5-14(25-17(18,19)20)15-13(12)3-2-6-21-15/h2-6,10-11H,7-9H2,1H3,(H,23,24)/t10-,11-/m1/s1. The molecule has 1 saturated heterocycles. The molecule has 0 unspecified atom stereocenters. The first-order valence-electron chi connectivity index (χ1n) is 7.86. The van der Waals surface area contributed by atoms with E-state index >= 15 is 0 Å². The zero-order valence-corrected chi connectivity index (χ0v) is 13.5. The molecule has 1 aliphatic rings. The maximum atomic E-state index is 12.6. The predicted octanol–water partition coefficient (Wildman–Crippen LogP) is 4.24. The molecular formula is C17H17F3N2O3. The molecule has 1 aliphatic heterocycles. The quantitative estimate of drug-likeness (QED) is 0.876. The number of pyridine rings is 1. The van der Waals surface area contributed by atoms with Gasteiger partial charge >= 0.3 is 12.5 Å². The van der Waals surface area contributed by atoms with Gasteiger partial charge in [-0.15, -0.1) is 13.2 Å². The van der Waals surface area contributed by atoms with Crippen LogP contribution in [0.5, 0.6) is 5.75 Å². The van der Waals surface area contributed by atoms with E-state index in [-0.39, 0.29) is 23.1 Å². The van der Waals surface area contributed by atoms with Crippen LogP contribution in [0.25, 0.3) is 10.9 Å². The Morgan fingerprint density at radius 1 is 1.32 bits per heavy atom. The van der Waals surface area contributed by atoms with Gasteiger partial charge in [-0.05, 0) is 30.0 Å². The smallest absolute Gasteiger partial charge is 0.465 e. The number of rotatable bonds is 2. The monoisotopic (exact) mass is 354 g/mol. The Morgan fingerprint density at radius 3 is 2.76 bits per heavy atom. The summed E-state index contributed by atoms with van der Waals surface area (Å²) in [7, 11) is 0. The van der Waals surface area contributed by atoms with E-state index in [9.17, 15) is 23.1 Å². The van der Waals surface area contributed by atoms with Crippen molar-refractivity contribution in [1.29, 1.82) is 0 Å². The minimum absolute atomic E-state index is 0.105. The SMILES string of the molecule is C[C@@H]1C[C@@H](c2ccc(OC(F)(F)F)c3ncccc23)CN(C(=O)O)C1. The molecule has 2 aromatic rings. The van der Waals surface area contributed by atoms with Crippen molar-refractivity contribution in [2.75, 3.05) is 13.1 Å². The molecule has 25 heavy (non-hydrogen) atoms. The third-order valence-electron chi connectivity index (χ3n) is 4.36. The number of hydrogen-bond acceptors (Lipinski definition) is 3. The topological polar surface area (TPSA) is 62.7 Å². The van der Waals surface area contributed by atoms with Crippen LogP contribution in [-0.4, -0.2) is 40.5 Å². The molecule has 0 bridgehead atoms. The van der Waals surface area contributed by atoms with Gasteiger partial charge in [0.1, 0.15) is 5.52 Å². The summed E-state index contributed by atoms with van der Waals surface area (Å²) in [6, 6.07) is 6.16. The lowest BCUT2D eigenvalue weighted by molar-refractivity contribution is -0.274. The van der Waals surface area contributed by atoms with E-state index in [0.29, 0.717) is 18.5 Å². The number of benzene rings is 1. The normalized spacial score (nSPS) is 21.4. The summed E-state index contributed by atoms with van der Waals surface area (Å²) >= 11 is 0. The summed E-state index contributed by atoms with van der Waals surface area (Å²) in [5.41, 5.74) is 0.910. The van der Waals surface area contributed by atoms with Crippen LogP contribution in [0, 0.1) is 5.92 Å². The Kier molecular flexibility index (Phi) is 4.45. The first kappa shape index (κ1) is 17.3. The second-order valence-electron chi connectivity index (χ2n) is 6.33. The fraction of sp³-hybridized carbons (Fsp3) is 0.412. The number of nitrogens with zero attached hydrogens (tertiary/aromatic N) is 2. The molecular weight excluding hydrogens is 337 g/mol. The number of carbonyl (C=O) groups is 1. The van der Waals surface area contributed by atoms with Gasteiger partial charge in [0.25, 0.3) is 0 Å². The molecule has 2 atom stereocenters. The highest BCUT2D eigenvalue weighted by molar-refractivity contribution is 5.88. The number of alkyl halides is 3. The molecule has 0 radical (unpaired) electrons. The van der Waals surface area contributed by atoms with Crippen LogP contribution in [0.3, 0.4) is 0 Å². The summed E-state index contributed by atoms with van der Waals surface area (Å²) in [6.45, 7) is 2.73. The zero-order chi connectivity index (χ0) is 18.2. The summed E-state index contributed by atoms with van der Waals surface area (Å²) in [5.74, 6) is -0.301. The Balaban J connectivity index is 2.03. The summed E-state index contributed by atoms with van der Waals surface area (Å²) in [6.07, 6.45) is -3.63. The number of aromatic nitrogens is 1. The molecule has 1 aromatic carbocycles. The zero-order valence-electron chi connectivity index (χ0n) is 13.5. The molecule has 0 spiro atoms. The van der Waals surface area contributed by atoms with E-state index in [2.05, 4.69) is 9.72 Å². The fourth-order valence-electron chi connectivity index (χ4n) is 3.46. The van der Waals surface area contributed by atoms with Crippen LogP contribution in [0.4, 0.5) is 18.0 Å². The number of halogens is 3. The van der Waals surface area contributed by atoms with Gasteiger partial charge in [-0.2, -0.15) is 0 Å². The molecule has 1 aromatic heterocycles. The fourth-order valence-corrected chi connectivity index (χ4v) is 3.46. The third kappa shape index (κ3) is 3.78. The van der Waals surface area contributed by atoms with E-state index in [1.165, 1.54) is 17.2 Å². The predicted molar refractivity (Wildman–Crippen MR) is 84.5 cm³/mol. The molecule has 3 rings (SSSR count). The number of amides is 1. The Bertz CT molecular complexity index is 794. The maximum absolute atomic E-state index is 12.6. The molecule has 134 valence electrons. The average molecular weight is 354 g/mol. The van der Waals surface area contributed by atoms with Crippen molar-refractivity contribution in [2.45, 2.75) is 25.6 Å². The van der Waals surface area contributed by atoms with Gasteiger partial charge in [0.15, 0.2) is 5.75 Å². The molecule has 5 nitrogen and oxygen atoms in total. The lowest BCUT2D eigenvalue weighted by Crippen LogP contribution is -2.41. The highest BCUT2D eigenvalue weighted by atomic mass is 19.4. The first-order chi connectivity index (χ1) is 11.7. The number of fused-ring (bicyclic) bond motifs is 1. The van der Waals surface area contributed by atoms with Crippen LogP contribution in [0.15, 0.2) is 30.5 Å². The van der Waals surface area contributed by atoms with Crippen LogP contribution < -0.4 is 4.74 Å². The molecule has 2 heterocycles. The molecule has 1 N–H and O–H groups in total. The van der Waals surface area contributed by atoms with Crippen molar-refractivity contribution < 1.29 is 27.8 Å². The number of ether oxygens (including phenoxy) is 1. The van der Waals surface area contributed by atoms with Crippen molar-refractivity contribution in [2.24, 2.45) is 5.92 Å². The van der Waals surface area contributed by atoms with Crippen molar-refractivity contribution in [3.8, 4) is 5.75 Å². The van der Waals surface area contributed by atoms with Crippen molar-refractivity contribution >= 4 is 17.0 Å². The van der Waals surface area contributed by atoms with E-state index in [0.717, 1.165) is 12.0 Å². The van der Waals surface area contributed by atoms with Gasteiger partial charge in [0.2, 0.25) is 0 Å². The lowest BCUT2D eigenvalue weighted by atomic mass is 9.84.